The second kappa shape index (κ2) is 9.02. The zero-order valence-corrected chi connectivity index (χ0v) is 15.9. The Morgan fingerprint density at radius 1 is 1.44 bits per heavy atom. The van der Waals surface area contributed by atoms with Crippen LogP contribution < -0.4 is 5.32 Å². The van der Waals surface area contributed by atoms with Crippen LogP contribution in [0.5, 0.6) is 0 Å². The molecule has 0 aromatic carbocycles. The molecular weight excluding hydrogens is 376 g/mol. The van der Waals surface area contributed by atoms with Crippen LogP contribution in [0.4, 0.5) is 0 Å². The van der Waals surface area contributed by atoms with Gasteiger partial charge < -0.3 is 9.73 Å². The summed E-state index contributed by atoms with van der Waals surface area (Å²) in [5, 5.41) is 12.0. The third kappa shape index (κ3) is 5.07. The Bertz CT molecular complexity index is 837. The number of aromatic nitrogens is 3. The number of amides is 1. The lowest BCUT2D eigenvalue weighted by atomic mass is 10.3. The maximum atomic E-state index is 12.0. The highest BCUT2D eigenvalue weighted by atomic mass is 32.2. The maximum Gasteiger partial charge on any atom is 0.221 e. The first-order valence-corrected chi connectivity index (χ1v) is 10.2. The van der Waals surface area contributed by atoms with Crippen molar-refractivity contribution in [3.8, 4) is 10.7 Å². The standard InChI is InChI=1S/C16H18N4O2S3/c21-14(17-6-10-24-11-12-3-1-8-22-12)5-7-20-15(18-19-16(20)23)13-4-2-9-25-13/h1-4,8-9H,5-7,10-11H2,(H,17,21)(H,19,23). The lowest BCUT2D eigenvalue weighted by Gasteiger charge is -2.07. The first-order valence-electron chi connectivity index (χ1n) is 7.80. The molecule has 2 N–H and O–H groups in total. The predicted octanol–water partition coefficient (Wildman–Crippen LogP) is 3.70. The summed E-state index contributed by atoms with van der Waals surface area (Å²) < 4.78 is 7.67. The van der Waals surface area contributed by atoms with Gasteiger partial charge in [0.15, 0.2) is 10.6 Å². The Labute approximate surface area is 158 Å². The Kier molecular flexibility index (Phi) is 6.48. The molecular formula is C16H18N4O2S3. The average Bonchev–Trinajstić information content (AvgIpc) is 3.35. The minimum Gasteiger partial charge on any atom is -0.468 e. The topological polar surface area (TPSA) is 75.8 Å². The van der Waals surface area contributed by atoms with Crippen molar-refractivity contribution in [2.45, 2.75) is 18.7 Å². The van der Waals surface area contributed by atoms with E-state index in [0.717, 1.165) is 28.0 Å². The number of nitrogens with one attached hydrogen (secondary N) is 2. The van der Waals surface area contributed by atoms with Crippen molar-refractivity contribution < 1.29 is 9.21 Å². The molecule has 0 unspecified atom stereocenters. The van der Waals surface area contributed by atoms with Crippen molar-refractivity contribution >= 4 is 41.2 Å². The molecule has 132 valence electrons. The van der Waals surface area contributed by atoms with E-state index in [-0.39, 0.29) is 5.91 Å². The molecule has 3 rings (SSSR count). The van der Waals surface area contributed by atoms with Crippen LogP contribution >= 0.6 is 35.3 Å². The third-order valence-electron chi connectivity index (χ3n) is 3.46. The quantitative estimate of drug-likeness (QED) is 0.427. The molecule has 0 aliphatic rings. The van der Waals surface area contributed by atoms with Gasteiger partial charge in [0.2, 0.25) is 5.91 Å². The van der Waals surface area contributed by atoms with E-state index in [0.29, 0.717) is 24.3 Å². The van der Waals surface area contributed by atoms with Gasteiger partial charge in [-0.25, -0.2) is 0 Å². The fourth-order valence-electron chi connectivity index (χ4n) is 2.25. The summed E-state index contributed by atoms with van der Waals surface area (Å²) >= 11 is 8.59. The number of carbonyl (C=O) groups excluding carboxylic acids is 1. The Morgan fingerprint density at radius 3 is 3.12 bits per heavy atom. The SMILES string of the molecule is O=C(CCn1c(-c2cccs2)n[nH]c1=S)NCCSCc1ccco1. The molecule has 25 heavy (non-hydrogen) atoms. The van der Waals surface area contributed by atoms with Gasteiger partial charge in [-0.15, -0.1) is 11.3 Å². The molecule has 0 fully saturated rings. The molecule has 3 aromatic heterocycles. The summed E-state index contributed by atoms with van der Waals surface area (Å²) in [7, 11) is 0. The smallest absolute Gasteiger partial charge is 0.221 e. The molecule has 0 atom stereocenters. The molecule has 0 spiro atoms. The Morgan fingerprint density at radius 2 is 2.36 bits per heavy atom. The maximum absolute atomic E-state index is 12.0. The number of carbonyl (C=O) groups is 1. The molecule has 9 heteroatoms. The highest BCUT2D eigenvalue weighted by molar-refractivity contribution is 7.98. The van der Waals surface area contributed by atoms with Gasteiger partial charge >= 0.3 is 0 Å². The number of hydrogen-bond acceptors (Lipinski definition) is 6. The van der Waals surface area contributed by atoms with Crippen molar-refractivity contribution in [2.75, 3.05) is 12.3 Å². The van der Waals surface area contributed by atoms with Crippen LogP contribution in [0.25, 0.3) is 10.7 Å². The normalized spacial score (nSPS) is 10.9. The fourth-order valence-corrected chi connectivity index (χ4v) is 3.95. The highest BCUT2D eigenvalue weighted by Crippen LogP contribution is 2.22. The molecule has 0 aliphatic carbocycles. The predicted molar refractivity (Wildman–Crippen MR) is 103 cm³/mol. The molecule has 3 aromatic rings. The van der Waals surface area contributed by atoms with Crippen molar-refractivity contribution in [1.29, 1.82) is 0 Å². The number of thioether (sulfide) groups is 1. The van der Waals surface area contributed by atoms with E-state index in [1.54, 1.807) is 29.4 Å². The molecule has 0 saturated heterocycles. The highest BCUT2D eigenvalue weighted by Gasteiger charge is 2.11. The van der Waals surface area contributed by atoms with Gasteiger partial charge in [0.1, 0.15) is 5.76 Å². The number of H-pyrrole nitrogens is 1. The van der Waals surface area contributed by atoms with E-state index in [1.807, 2.05) is 34.2 Å². The Hall–Kier alpha value is -1.84. The van der Waals surface area contributed by atoms with Gasteiger partial charge in [0, 0.05) is 25.3 Å². The number of hydrogen-bond donors (Lipinski definition) is 2. The van der Waals surface area contributed by atoms with Gasteiger partial charge in [-0.2, -0.15) is 16.9 Å². The summed E-state index contributed by atoms with van der Waals surface area (Å²) in [5.74, 6) is 3.40. The second-order valence-corrected chi connectivity index (χ2v) is 7.65. The van der Waals surface area contributed by atoms with Gasteiger partial charge in [-0.3, -0.25) is 14.5 Å². The first-order chi connectivity index (χ1) is 12.2. The zero-order valence-electron chi connectivity index (χ0n) is 13.4. The molecule has 3 heterocycles. The summed E-state index contributed by atoms with van der Waals surface area (Å²) in [4.78, 5) is 13.1. The molecule has 0 saturated carbocycles. The molecule has 1 amide bonds. The molecule has 0 bridgehead atoms. The van der Waals surface area contributed by atoms with Crippen LogP contribution in [0, 0.1) is 4.77 Å². The molecule has 0 aliphatic heterocycles. The van der Waals surface area contributed by atoms with Crippen molar-refractivity contribution in [2.24, 2.45) is 0 Å². The van der Waals surface area contributed by atoms with E-state index in [4.69, 9.17) is 16.6 Å². The van der Waals surface area contributed by atoms with Gasteiger partial charge in [0.25, 0.3) is 0 Å². The van der Waals surface area contributed by atoms with E-state index in [2.05, 4.69) is 15.5 Å². The van der Waals surface area contributed by atoms with E-state index in [9.17, 15) is 4.79 Å². The van der Waals surface area contributed by atoms with Crippen LogP contribution in [0.15, 0.2) is 40.3 Å². The Balaban J connectivity index is 1.41. The van der Waals surface area contributed by atoms with Crippen molar-refractivity contribution in [3.63, 3.8) is 0 Å². The second-order valence-electron chi connectivity index (χ2n) is 5.21. The number of nitrogens with zero attached hydrogens (tertiary/aromatic N) is 2. The largest absolute Gasteiger partial charge is 0.468 e. The summed E-state index contributed by atoms with van der Waals surface area (Å²) in [5.41, 5.74) is 0. The first kappa shape index (κ1) is 18.0. The van der Waals surface area contributed by atoms with Crippen LogP contribution in [0.1, 0.15) is 12.2 Å². The van der Waals surface area contributed by atoms with E-state index in [1.165, 1.54) is 0 Å². The van der Waals surface area contributed by atoms with Crippen LogP contribution in [0.3, 0.4) is 0 Å². The summed E-state index contributed by atoms with van der Waals surface area (Å²) in [6, 6.07) is 7.78. The fraction of sp³-hybridized carbons (Fsp3) is 0.312. The zero-order chi connectivity index (χ0) is 17.5. The number of rotatable bonds is 9. The van der Waals surface area contributed by atoms with Crippen LogP contribution in [-0.4, -0.2) is 33.0 Å². The summed E-state index contributed by atoms with van der Waals surface area (Å²) in [6.07, 6.45) is 2.04. The van der Waals surface area contributed by atoms with Gasteiger partial charge in [-0.05, 0) is 35.8 Å². The van der Waals surface area contributed by atoms with Crippen molar-refractivity contribution in [3.05, 3.63) is 46.4 Å². The lowest BCUT2D eigenvalue weighted by Crippen LogP contribution is -2.26. The van der Waals surface area contributed by atoms with Crippen molar-refractivity contribution in [1.82, 2.24) is 20.1 Å². The number of aromatic amines is 1. The summed E-state index contributed by atoms with van der Waals surface area (Å²) in [6.45, 7) is 1.15. The lowest BCUT2D eigenvalue weighted by molar-refractivity contribution is -0.121. The van der Waals surface area contributed by atoms with E-state index < -0.39 is 0 Å². The van der Waals surface area contributed by atoms with Gasteiger partial charge in [0.05, 0.1) is 16.9 Å². The molecule has 6 nitrogen and oxygen atoms in total. The van der Waals surface area contributed by atoms with Gasteiger partial charge in [-0.1, -0.05) is 6.07 Å². The van der Waals surface area contributed by atoms with Crippen LogP contribution in [0.2, 0.25) is 0 Å². The minimum absolute atomic E-state index is 0.0128. The van der Waals surface area contributed by atoms with Crippen LogP contribution in [-0.2, 0) is 17.1 Å². The number of furan rings is 1. The average molecular weight is 395 g/mol. The molecule has 0 radical (unpaired) electrons. The minimum atomic E-state index is 0.0128. The monoisotopic (exact) mass is 394 g/mol. The third-order valence-corrected chi connectivity index (χ3v) is 5.61. The van der Waals surface area contributed by atoms with E-state index >= 15 is 0 Å². The number of thiophene rings is 1.